The van der Waals surface area contributed by atoms with Gasteiger partial charge in [-0.2, -0.15) is 0 Å². The number of carbonyl (C=O) groups excluding carboxylic acids is 1. The van der Waals surface area contributed by atoms with Gasteiger partial charge in [-0.25, -0.2) is 4.79 Å². The van der Waals surface area contributed by atoms with Crippen LogP contribution in [0.2, 0.25) is 0 Å². The third-order valence-electron chi connectivity index (χ3n) is 6.35. The van der Waals surface area contributed by atoms with Crippen LogP contribution in [-0.2, 0) is 13.0 Å². The summed E-state index contributed by atoms with van der Waals surface area (Å²) in [7, 11) is 0. The number of fused-ring (bicyclic) bond motifs is 3. The van der Waals surface area contributed by atoms with E-state index in [0.717, 1.165) is 40.4 Å². The minimum atomic E-state index is -0.256. The molecular weight excluding hydrogens is 422 g/mol. The Labute approximate surface area is 200 Å². The van der Waals surface area contributed by atoms with E-state index in [1.807, 2.05) is 54.3 Å². The molecule has 1 aliphatic heterocycles. The highest BCUT2D eigenvalue weighted by molar-refractivity contribution is 5.90. The van der Waals surface area contributed by atoms with Gasteiger partial charge in [0.05, 0.1) is 24.9 Å². The lowest BCUT2D eigenvalue weighted by Crippen LogP contribution is -2.37. The monoisotopic (exact) mass is 451 g/mol. The Morgan fingerprint density at radius 1 is 0.941 bits per heavy atom. The molecule has 1 atom stereocenters. The molecule has 1 aliphatic rings. The van der Waals surface area contributed by atoms with E-state index in [4.69, 9.17) is 4.74 Å². The van der Waals surface area contributed by atoms with Crippen molar-refractivity contribution in [1.29, 1.82) is 0 Å². The molecule has 0 radical (unpaired) electrons. The summed E-state index contributed by atoms with van der Waals surface area (Å²) in [6.45, 7) is 5.21. The average molecular weight is 452 g/mol. The number of ether oxygens (including phenoxy) is 1. The maximum Gasteiger partial charge on any atom is 0.322 e. The number of aryl methyl sites for hydroxylation is 1. The van der Waals surface area contributed by atoms with Crippen LogP contribution in [-0.4, -0.2) is 22.1 Å². The molecule has 5 rings (SSSR count). The number of amides is 2. The minimum Gasteiger partial charge on any atom is -0.494 e. The molecule has 0 aliphatic carbocycles. The second-order valence-electron chi connectivity index (χ2n) is 8.44. The molecule has 0 spiro atoms. The normalized spacial score (nSPS) is 14.6. The Morgan fingerprint density at radius 2 is 1.71 bits per heavy atom. The predicted molar refractivity (Wildman–Crippen MR) is 136 cm³/mol. The number of urea groups is 1. The highest BCUT2D eigenvalue weighted by atomic mass is 16.5. The third kappa shape index (κ3) is 4.17. The Kier molecular flexibility index (Phi) is 6.09. The van der Waals surface area contributed by atoms with Gasteiger partial charge in [-0.05, 0) is 72.5 Å². The number of aromatic nitrogens is 1. The van der Waals surface area contributed by atoms with Crippen LogP contribution in [0.15, 0.2) is 91.1 Å². The van der Waals surface area contributed by atoms with Gasteiger partial charge < -0.3 is 19.5 Å². The van der Waals surface area contributed by atoms with E-state index in [-0.39, 0.29) is 12.1 Å². The number of hydrogen-bond acceptors (Lipinski definition) is 2. The van der Waals surface area contributed by atoms with Crippen LogP contribution in [0.25, 0.3) is 5.69 Å². The van der Waals surface area contributed by atoms with Gasteiger partial charge in [0.2, 0.25) is 0 Å². The van der Waals surface area contributed by atoms with Gasteiger partial charge in [0.25, 0.3) is 0 Å². The van der Waals surface area contributed by atoms with Crippen LogP contribution in [0.1, 0.15) is 42.3 Å². The molecule has 3 aromatic carbocycles. The molecule has 0 bridgehead atoms. The minimum absolute atomic E-state index is 0.132. The zero-order chi connectivity index (χ0) is 23.5. The van der Waals surface area contributed by atoms with E-state index in [1.54, 1.807) is 0 Å². The highest BCUT2D eigenvalue weighted by Crippen LogP contribution is 2.37. The first-order chi connectivity index (χ1) is 16.7. The van der Waals surface area contributed by atoms with Crippen molar-refractivity contribution in [2.24, 2.45) is 0 Å². The topological polar surface area (TPSA) is 46.5 Å². The number of nitrogens with one attached hydrogen (secondary N) is 1. The van der Waals surface area contributed by atoms with E-state index in [0.29, 0.717) is 13.2 Å². The molecule has 0 saturated heterocycles. The van der Waals surface area contributed by atoms with Crippen molar-refractivity contribution in [3.63, 3.8) is 0 Å². The summed E-state index contributed by atoms with van der Waals surface area (Å²) >= 11 is 0. The number of benzene rings is 3. The molecule has 1 N–H and O–H groups in total. The molecule has 34 heavy (non-hydrogen) atoms. The van der Waals surface area contributed by atoms with Crippen molar-refractivity contribution in [3.8, 4) is 11.4 Å². The second-order valence-corrected chi connectivity index (χ2v) is 8.44. The zero-order valence-corrected chi connectivity index (χ0v) is 19.6. The van der Waals surface area contributed by atoms with Gasteiger partial charge in [-0.1, -0.05) is 49.4 Å². The first kappa shape index (κ1) is 21.8. The fourth-order valence-electron chi connectivity index (χ4n) is 4.62. The van der Waals surface area contributed by atoms with Gasteiger partial charge in [-0.3, -0.25) is 0 Å². The molecule has 2 amide bonds. The Morgan fingerprint density at radius 3 is 2.44 bits per heavy atom. The molecular formula is C29H29N3O2. The molecule has 5 heteroatoms. The summed E-state index contributed by atoms with van der Waals surface area (Å²) in [6, 6.07) is 28.1. The fourth-order valence-corrected chi connectivity index (χ4v) is 4.62. The lowest BCUT2D eigenvalue weighted by molar-refractivity contribution is 0.194. The van der Waals surface area contributed by atoms with Gasteiger partial charge >= 0.3 is 6.03 Å². The average Bonchev–Trinajstić information content (AvgIpc) is 3.30. The van der Waals surface area contributed by atoms with Crippen LogP contribution in [0.3, 0.4) is 0 Å². The Hall–Kier alpha value is -3.99. The largest absolute Gasteiger partial charge is 0.494 e. The molecule has 4 aromatic rings. The number of hydrogen-bond donors (Lipinski definition) is 1. The standard InChI is InChI=1S/C29H29N3O2/c1-3-21-11-15-24(16-12-21)30-29(33)32-20-23-8-5-6-9-26(23)31-19-7-10-27(31)28(32)22-13-17-25(18-14-22)34-4-2/h5-19,28H,3-4,20H2,1-2H3,(H,30,33)/t28-/m1/s1. The summed E-state index contributed by atoms with van der Waals surface area (Å²) in [5.41, 5.74) is 6.32. The summed E-state index contributed by atoms with van der Waals surface area (Å²) in [5, 5.41) is 3.13. The first-order valence-electron chi connectivity index (χ1n) is 11.8. The lowest BCUT2D eigenvalue weighted by Gasteiger charge is -2.31. The molecule has 0 fully saturated rings. The predicted octanol–water partition coefficient (Wildman–Crippen LogP) is 6.58. The van der Waals surface area contributed by atoms with Crippen molar-refractivity contribution < 1.29 is 9.53 Å². The smallest absolute Gasteiger partial charge is 0.322 e. The van der Waals surface area contributed by atoms with Crippen molar-refractivity contribution >= 4 is 11.7 Å². The van der Waals surface area contributed by atoms with Crippen LogP contribution >= 0.6 is 0 Å². The summed E-state index contributed by atoms with van der Waals surface area (Å²) in [6.07, 6.45) is 3.04. The lowest BCUT2D eigenvalue weighted by atomic mass is 10.0. The van der Waals surface area contributed by atoms with Crippen LogP contribution < -0.4 is 10.1 Å². The van der Waals surface area contributed by atoms with Crippen molar-refractivity contribution in [2.45, 2.75) is 32.9 Å². The van der Waals surface area contributed by atoms with E-state index < -0.39 is 0 Å². The zero-order valence-electron chi connectivity index (χ0n) is 19.6. The van der Waals surface area contributed by atoms with Crippen LogP contribution in [0, 0.1) is 0 Å². The number of para-hydroxylation sites is 1. The SMILES string of the molecule is CCOc1ccc([C@@H]2c3cccn3-c3ccccc3CN2C(=O)Nc2ccc(CC)cc2)cc1. The molecule has 0 unspecified atom stereocenters. The van der Waals surface area contributed by atoms with Gasteiger partial charge in [-0.15, -0.1) is 0 Å². The van der Waals surface area contributed by atoms with Crippen LogP contribution in [0.5, 0.6) is 5.75 Å². The second kappa shape index (κ2) is 9.48. The fraction of sp³-hybridized carbons (Fsp3) is 0.207. The number of nitrogens with zero attached hydrogens (tertiary/aromatic N) is 2. The highest BCUT2D eigenvalue weighted by Gasteiger charge is 2.33. The van der Waals surface area contributed by atoms with Gasteiger partial charge in [0.15, 0.2) is 0 Å². The maximum atomic E-state index is 13.8. The quantitative estimate of drug-likeness (QED) is 0.373. The number of anilines is 1. The Balaban J connectivity index is 1.57. The van der Waals surface area contributed by atoms with E-state index >= 15 is 0 Å². The van der Waals surface area contributed by atoms with Gasteiger partial charge in [0, 0.05) is 17.6 Å². The van der Waals surface area contributed by atoms with E-state index in [9.17, 15) is 4.79 Å². The van der Waals surface area contributed by atoms with E-state index in [1.165, 1.54) is 5.56 Å². The van der Waals surface area contributed by atoms with Crippen molar-refractivity contribution in [3.05, 3.63) is 114 Å². The first-order valence-corrected chi connectivity index (χ1v) is 11.8. The summed E-state index contributed by atoms with van der Waals surface area (Å²) in [4.78, 5) is 15.7. The molecule has 5 nitrogen and oxygen atoms in total. The summed E-state index contributed by atoms with van der Waals surface area (Å²) < 4.78 is 7.85. The molecule has 2 heterocycles. The van der Waals surface area contributed by atoms with Gasteiger partial charge in [0.1, 0.15) is 5.75 Å². The maximum absolute atomic E-state index is 13.8. The summed E-state index contributed by atoms with van der Waals surface area (Å²) in [5.74, 6) is 0.825. The van der Waals surface area contributed by atoms with E-state index in [2.05, 4.69) is 65.5 Å². The van der Waals surface area contributed by atoms with Crippen molar-refractivity contribution in [2.75, 3.05) is 11.9 Å². The van der Waals surface area contributed by atoms with Crippen molar-refractivity contribution in [1.82, 2.24) is 9.47 Å². The number of carbonyl (C=O) groups is 1. The Bertz CT molecular complexity index is 1280. The third-order valence-corrected chi connectivity index (χ3v) is 6.35. The number of rotatable bonds is 5. The molecule has 172 valence electrons. The molecule has 0 saturated carbocycles. The molecule has 1 aromatic heterocycles. The van der Waals surface area contributed by atoms with Crippen LogP contribution in [0.4, 0.5) is 10.5 Å².